The minimum Gasteiger partial charge on any atom is -0.455 e. The van der Waals surface area contributed by atoms with Crippen LogP contribution in [0.15, 0.2) is 132 Å². The third kappa shape index (κ3) is 5.00. The highest BCUT2D eigenvalue weighted by atomic mass is 16.3. The zero-order valence-electron chi connectivity index (χ0n) is 42.5. The fraction of sp³-hybridized carbons (Fsp3) is 0.250. The molecule has 7 heterocycles. The van der Waals surface area contributed by atoms with Gasteiger partial charge in [-0.25, -0.2) is 0 Å². The number of benzene rings is 8. The zero-order valence-corrected chi connectivity index (χ0v) is 42.5. The highest BCUT2D eigenvalue weighted by molar-refractivity contribution is 7.04. The van der Waals surface area contributed by atoms with Crippen molar-refractivity contribution in [2.45, 2.75) is 105 Å². The van der Waals surface area contributed by atoms with Crippen LogP contribution in [0.25, 0.3) is 76.9 Å². The van der Waals surface area contributed by atoms with Gasteiger partial charge in [-0.3, -0.25) is 0 Å². The van der Waals surface area contributed by atoms with Crippen LogP contribution in [0.2, 0.25) is 0 Å². The average Bonchev–Trinajstić information content (AvgIpc) is 3.98. The summed E-state index contributed by atoms with van der Waals surface area (Å²) in [5, 5.41) is 7.53. The molecule has 0 aliphatic carbocycles. The van der Waals surface area contributed by atoms with Crippen LogP contribution < -0.4 is 37.7 Å². The minimum atomic E-state index is -0.0771. The van der Waals surface area contributed by atoms with Gasteiger partial charge in [0.25, 0.3) is 13.4 Å². The summed E-state index contributed by atoms with van der Waals surface area (Å²) >= 11 is 0. The van der Waals surface area contributed by atoms with Crippen LogP contribution >= 0.6 is 0 Å². The second-order valence-electron chi connectivity index (χ2n) is 25.4. The summed E-state index contributed by atoms with van der Waals surface area (Å²) in [6, 6.07) is 50.3. The monoisotopic (exact) mass is 905 g/mol. The standard InChI is InChI=1S/C64H57B2N3O/c1-61(2,3)34-20-24-38(25-21-34)67-49-27-23-36(63(7,8)9)30-45(49)65-44-18-15-17-40-53-58-47(32-43-39-16-13-14-19-52(39)70-60(43)53)66-46-31-37(64(10,11)12)29-42-41-28-35(62(4,5)6)22-26-48(41)68(57(42)46)51-33-50(67)54(65)59(55(51)66)69(58)56(40)44/h13-33H,1-12H3. The Labute approximate surface area is 411 Å². The summed E-state index contributed by atoms with van der Waals surface area (Å²) < 4.78 is 12.5. The van der Waals surface area contributed by atoms with Gasteiger partial charge in [0.2, 0.25) is 0 Å². The molecule has 6 heteroatoms. The van der Waals surface area contributed by atoms with Crippen LogP contribution in [-0.4, -0.2) is 22.6 Å². The van der Waals surface area contributed by atoms with Crippen molar-refractivity contribution < 1.29 is 4.42 Å². The third-order valence-corrected chi connectivity index (χ3v) is 17.1. The summed E-state index contributed by atoms with van der Waals surface area (Å²) in [4.78, 5) is 2.62. The van der Waals surface area contributed by atoms with Crippen molar-refractivity contribution in [1.82, 2.24) is 9.13 Å². The first-order valence-corrected chi connectivity index (χ1v) is 25.6. The molecule has 15 rings (SSSR count). The molecule has 11 aromatic rings. The number of aromatic nitrogens is 2. The Hall–Kier alpha value is -6.91. The van der Waals surface area contributed by atoms with E-state index >= 15 is 0 Å². The molecular weight excluding hydrogens is 848 g/mol. The molecule has 0 atom stereocenters. The van der Waals surface area contributed by atoms with Gasteiger partial charge in [0, 0.05) is 66.4 Å². The SMILES string of the molecule is CC(C)(C)c1ccc(N2c3ccc(C(C)(C)C)cc3B3c4c2cc2c5c4-n4c6c3cccc6c3c6oc7ccccc7c6cc(c34)B5c3cc(C(C)(C)C)cc4c5cc(C(C)(C)C)ccc5n-2c34)cc1. The molecule has 3 aromatic heterocycles. The van der Waals surface area contributed by atoms with E-state index in [0.717, 1.165) is 11.2 Å². The van der Waals surface area contributed by atoms with Crippen molar-refractivity contribution in [2.75, 3.05) is 4.90 Å². The fourth-order valence-corrected chi connectivity index (χ4v) is 13.5. The van der Waals surface area contributed by atoms with Crippen molar-refractivity contribution in [3.63, 3.8) is 0 Å². The summed E-state index contributed by atoms with van der Waals surface area (Å²) in [5.74, 6) is 0. The fourth-order valence-electron chi connectivity index (χ4n) is 13.5. The second-order valence-corrected chi connectivity index (χ2v) is 25.4. The van der Waals surface area contributed by atoms with Gasteiger partial charge in [-0.05, 0) is 125 Å². The predicted molar refractivity (Wildman–Crippen MR) is 301 cm³/mol. The molecule has 4 aliphatic heterocycles. The first-order valence-electron chi connectivity index (χ1n) is 25.6. The first kappa shape index (κ1) is 40.9. The molecule has 0 amide bonds. The van der Waals surface area contributed by atoms with Crippen LogP contribution in [0.5, 0.6) is 0 Å². The highest BCUT2D eigenvalue weighted by Crippen LogP contribution is 2.49. The van der Waals surface area contributed by atoms with E-state index in [1.54, 1.807) is 0 Å². The number of nitrogens with zero attached hydrogens (tertiary/aromatic N) is 3. The van der Waals surface area contributed by atoms with Crippen molar-refractivity contribution in [3.05, 3.63) is 150 Å². The normalized spacial score (nSPS) is 14.8. The largest absolute Gasteiger partial charge is 0.455 e. The number of anilines is 3. The van der Waals surface area contributed by atoms with E-state index < -0.39 is 0 Å². The first-order chi connectivity index (χ1) is 33.3. The van der Waals surface area contributed by atoms with Crippen LogP contribution in [0.1, 0.15) is 105 Å². The van der Waals surface area contributed by atoms with Gasteiger partial charge < -0.3 is 18.5 Å². The average molecular weight is 906 g/mol. The lowest BCUT2D eigenvalue weighted by Gasteiger charge is -2.45. The van der Waals surface area contributed by atoms with Crippen molar-refractivity contribution >= 4 is 129 Å². The number of fused-ring (bicyclic) bond motifs is 14. The Morgan fingerprint density at radius 3 is 1.74 bits per heavy atom. The predicted octanol–water partition coefficient (Wildman–Crippen LogP) is 12.7. The van der Waals surface area contributed by atoms with Crippen molar-refractivity contribution in [3.8, 4) is 11.4 Å². The Morgan fingerprint density at radius 1 is 0.400 bits per heavy atom. The Kier molecular flexibility index (Phi) is 7.42. The van der Waals surface area contributed by atoms with Gasteiger partial charge in [-0.2, -0.15) is 0 Å². The summed E-state index contributed by atoms with van der Waals surface area (Å²) in [7, 11) is 0. The highest BCUT2D eigenvalue weighted by Gasteiger charge is 2.50. The van der Waals surface area contributed by atoms with E-state index in [0.29, 0.717) is 0 Å². The quantitative estimate of drug-likeness (QED) is 0.153. The molecule has 0 fully saturated rings. The molecule has 0 saturated heterocycles. The van der Waals surface area contributed by atoms with Gasteiger partial charge in [-0.15, -0.1) is 0 Å². The van der Waals surface area contributed by atoms with Gasteiger partial charge in [0.15, 0.2) is 0 Å². The van der Waals surface area contributed by atoms with Gasteiger partial charge in [-0.1, -0.05) is 162 Å². The lowest BCUT2D eigenvalue weighted by molar-refractivity contribution is 0.590. The van der Waals surface area contributed by atoms with Crippen LogP contribution in [-0.2, 0) is 21.7 Å². The summed E-state index contributed by atoms with van der Waals surface area (Å²) in [5.41, 5.74) is 27.0. The van der Waals surface area contributed by atoms with E-state index in [4.69, 9.17) is 4.42 Å². The number of para-hydroxylation sites is 2. The molecule has 0 saturated carbocycles. The Bertz CT molecular complexity index is 4230. The minimum absolute atomic E-state index is 0.00431. The summed E-state index contributed by atoms with van der Waals surface area (Å²) in [6.45, 7) is 28.2. The van der Waals surface area contributed by atoms with E-state index in [1.807, 2.05) is 0 Å². The molecular formula is C64H57B2N3O. The Balaban J connectivity index is 1.19. The van der Waals surface area contributed by atoms with Crippen LogP contribution in [0.3, 0.4) is 0 Å². The number of rotatable bonds is 1. The molecule has 0 radical (unpaired) electrons. The zero-order chi connectivity index (χ0) is 48.0. The van der Waals surface area contributed by atoms with Gasteiger partial charge in [0.05, 0.1) is 16.4 Å². The second kappa shape index (κ2) is 12.7. The summed E-state index contributed by atoms with van der Waals surface area (Å²) in [6.07, 6.45) is 0. The van der Waals surface area contributed by atoms with E-state index in [9.17, 15) is 0 Å². The van der Waals surface area contributed by atoms with E-state index in [2.05, 4.69) is 225 Å². The molecule has 340 valence electrons. The third-order valence-electron chi connectivity index (χ3n) is 17.1. The van der Waals surface area contributed by atoms with Crippen molar-refractivity contribution in [1.29, 1.82) is 0 Å². The maximum absolute atomic E-state index is 7.10. The van der Waals surface area contributed by atoms with Crippen LogP contribution in [0, 0.1) is 0 Å². The molecule has 0 N–H and O–H groups in total. The molecule has 4 aliphatic rings. The molecule has 0 unspecified atom stereocenters. The molecule has 70 heavy (non-hydrogen) atoms. The van der Waals surface area contributed by atoms with Gasteiger partial charge in [0.1, 0.15) is 11.2 Å². The maximum atomic E-state index is 7.10. The van der Waals surface area contributed by atoms with E-state index in [1.165, 1.54) is 138 Å². The molecule has 4 nitrogen and oxygen atoms in total. The lowest BCUT2D eigenvalue weighted by Crippen LogP contribution is -2.67. The van der Waals surface area contributed by atoms with Gasteiger partial charge >= 0.3 is 0 Å². The number of hydrogen-bond acceptors (Lipinski definition) is 2. The Morgan fingerprint density at radius 2 is 1.00 bits per heavy atom. The lowest BCUT2D eigenvalue weighted by atomic mass is 9.29. The maximum Gasteiger partial charge on any atom is 0.252 e. The molecule has 0 bridgehead atoms. The molecule has 0 spiro atoms. The molecule has 8 aromatic carbocycles. The topological polar surface area (TPSA) is 26.2 Å². The van der Waals surface area contributed by atoms with E-state index in [-0.39, 0.29) is 35.1 Å². The van der Waals surface area contributed by atoms with Crippen LogP contribution in [0.4, 0.5) is 17.1 Å². The van der Waals surface area contributed by atoms with Crippen molar-refractivity contribution in [2.24, 2.45) is 0 Å². The smallest absolute Gasteiger partial charge is 0.252 e. The number of furan rings is 1. The number of hydrogen-bond donors (Lipinski definition) is 0.